The second kappa shape index (κ2) is 7.74. The molecule has 1 fully saturated rings. The van der Waals surface area contributed by atoms with Gasteiger partial charge in [0.15, 0.2) is 0 Å². The van der Waals surface area contributed by atoms with Crippen LogP contribution < -0.4 is 0 Å². The molecule has 0 aliphatic carbocycles. The summed E-state index contributed by atoms with van der Waals surface area (Å²) >= 11 is 17.8. The summed E-state index contributed by atoms with van der Waals surface area (Å²) in [5.74, 6) is -0.244. The van der Waals surface area contributed by atoms with Crippen LogP contribution in [0.3, 0.4) is 0 Å². The van der Waals surface area contributed by atoms with Gasteiger partial charge >= 0.3 is 0 Å². The van der Waals surface area contributed by atoms with E-state index in [-0.39, 0.29) is 42.0 Å². The Balaban J connectivity index is 1.72. The quantitative estimate of drug-likeness (QED) is 0.740. The Morgan fingerprint density at radius 3 is 2.15 bits per heavy atom. The molecule has 0 spiro atoms. The summed E-state index contributed by atoms with van der Waals surface area (Å²) < 4.78 is 26.8. The fourth-order valence-electron chi connectivity index (χ4n) is 2.74. The SMILES string of the molecule is O=C(c1ccc(Cl)cc1Cl)N1CCN(S(=O)(=O)c2cccc(Cl)c2)CC1. The topological polar surface area (TPSA) is 57.7 Å². The first kappa shape index (κ1) is 19.5. The van der Waals surface area contributed by atoms with Crippen molar-refractivity contribution in [3.63, 3.8) is 0 Å². The molecular formula is C17H15Cl3N2O3S. The van der Waals surface area contributed by atoms with E-state index in [1.807, 2.05) is 0 Å². The lowest BCUT2D eigenvalue weighted by atomic mass is 10.2. The summed E-state index contributed by atoms with van der Waals surface area (Å²) in [5.41, 5.74) is 0.349. The third-order valence-corrected chi connectivity index (χ3v) is 6.80. The van der Waals surface area contributed by atoms with Crippen LogP contribution in [0.5, 0.6) is 0 Å². The average Bonchev–Trinajstić information content (AvgIpc) is 2.61. The normalized spacial score (nSPS) is 15.9. The molecule has 138 valence electrons. The van der Waals surface area contributed by atoms with Gasteiger partial charge in [-0.15, -0.1) is 0 Å². The maximum absolute atomic E-state index is 12.7. The van der Waals surface area contributed by atoms with Gasteiger partial charge < -0.3 is 4.90 Å². The molecule has 26 heavy (non-hydrogen) atoms. The van der Waals surface area contributed by atoms with Gasteiger partial charge in [0, 0.05) is 36.2 Å². The summed E-state index contributed by atoms with van der Waals surface area (Å²) in [7, 11) is -3.64. The second-order valence-electron chi connectivity index (χ2n) is 5.78. The maximum atomic E-state index is 12.7. The number of halogens is 3. The molecule has 0 atom stereocenters. The first-order valence-electron chi connectivity index (χ1n) is 7.79. The number of benzene rings is 2. The summed E-state index contributed by atoms with van der Waals surface area (Å²) in [6.07, 6.45) is 0. The lowest BCUT2D eigenvalue weighted by molar-refractivity contribution is 0.0698. The Bertz CT molecular complexity index is 942. The number of amides is 1. The van der Waals surface area contributed by atoms with Gasteiger partial charge in [-0.05, 0) is 36.4 Å². The van der Waals surface area contributed by atoms with Crippen molar-refractivity contribution in [1.82, 2.24) is 9.21 Å². The third kappa shape index (κ3) is 4.00. The Morgan fingerprint density at radius 2 is 1.54 bits per heavy atom. The molecule has 1 amide bonds. The molecule has 1 aliphatic heterocycles. The predicted octanol–water partition coefficient (Wildman–Crippen LogP) is 3.79. The predicted molar refractivity (Wildman–Crippen MR) is 103 cm³/mol. The highest BCUT2D eigenvalue weighted by molar-refractivity contribution is 7.89. The van der Waals surface area contributed by atoms with Gasteiger partial charge in [-0.2, -0.15) is 4.31 Å². The van der Waals surface area contributed by atoms with E-state index in [1.54, 1.807) is 29.2 Å². The third-order valence-electron chi connectivity index (χ3n) is 4.12. The minimum atomic E-state index is -3.64. The van der Waals surface area contributed by atoms with Crippen LogP contribution in [-0.4, -0.2) is 49.7 Å². The molecule has 0 bridgehead atoms. The molecule has 1 heterocycles. The zero-order valence-electron chi connectivity index (χ0n) is 13.5. The van der Waals surface area contributed by atoms with Crippen molar-refractivity contribution in [2.24, 2.45) is 0 Å². The second-order valence-corrected chi connectivity index (χ2v) is 9.00. The van der Waals surface area contributed by atoms with Crippen LogP contribution in [-0.2, 0) is 10.0 Å². The van der Waals surface area contributed by atoms with E-state index in [1.165, 1.54) is 22.5 Å². The number of hydrogen-bond donors (Lipinski definition) is 0. The fraction of sp³-hybridized carbons (Fsp3) is 0.235. The van der Waals surface area contributed by atoms with E-state index in [9.17, 15) is 13.2 Å². The first-order chi connectivity index (χ1) is 12.3. The van der Waals surface area contributed by atoms with Crippen LogP contribution in [0.25, 0.3) is 0 Å². The number of carbonyl (C=O) groups excluding carboxylic acids is 1. The molecule has 0 N–H and O–H groups in total. The van der Waals surface area contributed by atoms with Crippen LogP contribution >= 0.6 is 34.8 Å². The molecule has 3 rings (SSSR count). The molecule has 0 unspecified atom stereocenters. The molecule has 2 aromatic rings. The average molecular weight is 434 g/mol. The minimum absolute atomic E-state index is 0.144. The van der Waals surface area contributed by atoms with E-state index in [0.29, 0.717) is 15.6 Å². The number of carbonyl (C=O) groups is 1. The molecular weight excluding hydrogens is 419 g/mol. The highest BCUT2D eigenvalue weighted by Gasteiger charge is 2.31. The van der Waals surface area contributed by atoms with Crippen LogP contribution in [0.4, 0.5) is 0 Å². The van der Waals surface area contributed by atoms with Gasteiger partial charge in [0.2, 0.25) is 10.0 Å². The van der Waals surface area contributed by atoms with Gasteiger partial charge in [0.1, 0.15) is 0 Å². The van der Waals surface area contributed by atoms with E-state index >= 15 is 0 Å². The van der Waals surface area contributed by atoms with Crippen molar-refractivity contribution in [3.05, 3.63) is 63.1 Å². The molecule has 1 saturated heterocycles. The Labute approximate surface area is 167 Å². The van der Waals surface area contributed by atoms with Crippen molar-refractivity contribution >= 4 is 50.7 Å². The first-order valence-corrected chi connectivity index (χ1v) is 10.4. The largest absolute Gasteiger partial charge is 0.336 e. The number of piperazine rings is 1. The van der Waals surface area contributed by atoms with Gasteiger partial charge in [0.05, 0.1) is 15.5 Å². The van der Waals surface area contributed by atoms with Crippen LogP contribution in [0.15, 0.2) is 47.4 Å². The van der Waals surface area contributed by atoms with Crippen molar-refractivity contribution in [2.45, 2.75) is 4.90 Å². The van der Waals surface area contributed by atoms with Crippen molar-refractivity contribution < 1.29 is 13.2 Å². The zero-order chi connectivity index (χ0) is 18.9. The van der Waals surface area contributed by atoms with Crippen molar-refractivity contribution in [1.29, 1.82) is 0 Å². The van der Waals surface area contributed by atoms with E-state index in [2.05, 4.69) is 0 Å². The van der Waals surface area contributed by atoms with Gasteiger partial charge in [0.25, 0.3) is 5.91 Å². The highest BCUT2D eigenvalue weighted by atomic mass is 35.5. The van der Waals surface area contributed by atoms with Gasteiger partial charge in [-0.1, -0.05) is 40.9 Å². The minimum Gasteiger partial charge on any atom is -0.336 e. The van der Waals surface area contributed by atoms with E-state index in [4.69, 9.17) is 34.8 Å². The standard InChI is InChI=1S/C17H15Cl3N2O3S/c18-12-2-1-3-14(10-12)26(24,25)22-8-6-21(7-9-22)17(23)15-5-4-13(19)11-16(15)20/h1-5,10-11H,6-9H2. The monoisotopic (exact) mass is 432 g/mol. The number of nitrogens with zero attached hydrogens (tertiary/aromatic N) is 2. The number of sulfonamides is 1. The molecule has 5 nitrogen and oxygen atoms in total. The molecule has 1 aliphatic rings. The summed E-state index contributed by atoms with van der Waals surface area (Å²) in [5, 5.41) is 1.08. The van der Waals surface area contributed by atoms with Gasteiger partial charge in [-0.3, -0.25) is 4.79 Å². The smallest absolute Gasteiger partial charge is 0.255 e. The summed E-state index contributed by atoms with van der Waals surface area (Å²) in [4.78, 5) is 14.3. The molecule has 2 aromatic carbocycles. The Morgan fingerprint density at radius 1 is 0.885 bits per heavy atom. The maximum Gasteiger partial charge on any atom is 0.255 e. The molecule has 0 aromatic heterocycles. The number of rotatable bonds is 3. The van der Waals surface area contributed by atoms with Crippen molar-refractivity contribution in [2.75, 3.05) is 26.2 Å². The lowest BCUT2D eigenvalue weighted by Crippen LogP contribution is -2.50. The van der Waals surface area contributed by atoms with Crippen LogP contribution in [0.2, 0.25) is 15.1 Å². The van der Waals surface area contributed by atoms with Gasteiger partial charge in [-0.25, -0.2) is 8.42 Å². The van der Waals surface area contributed by atoms with E-state index < -0.39 is 10.0 Å². The van der Waals surface area contributed by atoms with Crippen molar-refractivity contribution in [3.8, 4) is 0 Å². The fourth-order valence-corrected chi connectivity index (χ4v) is 4.95. The molecule has 0 radical (unpaired) electrons. The molecule has 9 heteroatoms. The Kier molecular flexibility index (Phi) is 5.79. The molecule has 0 saturated carbocycles. The Hall–Kier alpha value is -1.31. The highest BCUT2D eigenvalue weighted by Crippen LogP contribution is 2.24. The number of hydrogen-bond acceptors (Lipinski definition) is 3. The van der Waals surface area contributed by atoms with E-state index in [0.717, 1.165) is 0 Å². The zero-order valence-corrected chi connectivity index (χ0v) is 16.6. The summed E-state index contributed by atoms with van der Waals surface area (Å²) in [6.45, 7) is 0.951. The lowest BCUT2D eigenvalue weighted by Gasteiger charge is -2.34. The van der Waals surface area contributed by atoms with Crippen LogP contribution in [0, 0.1) is 0 Å². The van der Waals surface area contributed by atoms with Crippen LogP contribution in [0.1, 0.15) is 10.4 Å². The summed E-state index contributed by atoms with van der Waals surface area (Å²) in [6, 6.07) is 10.8.